The standard InChI is InChI=1S/C9H13ClN2O4S/c1-6(5-13)3-12-17(15,16)7-2-8(10)9(14)11-4-7/h2,4,6,12-13H,3,5H2,1H3,(H,11,14). The molecule has 1 atom stereocenters. The number of aromatic nitrogens is 1. The van der Waals surface area contributed by atoms with Crippen molar-refractivity contribution in [1.82, 2.24) is 9.71 Å². The predicted octanol–water partition coefficient (Wildman–Crippen LogP) is -0.0650. The number of halogens is 1. The molecule has 8 heteroatoms. The Bertz CT molecular complexity index is 540. The third-order valence-electron chi connectivity index (χ3n) is 2.08. The van der Waals surface area contributed by atoms with Crippen molar-refractivity contribution in [2.75, 3.05) is 13.2 Å². The summed E-state index contributed by atoms with van der Waals surface area (Å²) in [5.41, 5.74) is -0.547. The van der Waals surface area contributed by atoms with Crippen molar-refractivity contribution in [3.63, 3.8) is 0 Å². The first-order valence-electron chi connectivity index (χ1n) is 4.85. The summed E-state index contributed by atoms with van der Waals surface area (Å²) in [5.74, 6) is -0.192. The molecular formula is C9H13ClN2O4S. The van der Waals surface area contributed by atoms with E-state index in [2.05, 4.69) is 9.71 Å². The zero-order valence-corrected chi connectivity index (χ0v) is 10.7. The minimum atomic E-state index is -3.72. The van der Waals surface area contributed by atoms with Crippen LogP contribution >= 0.6 is 11.6 Å². The van der Waals surface area contributed by atoms with Gasteiger partial charge >= 0.3 is 0 Å². The van der Waals surface area contributed by atoms with E-state index in [1.807, 2.05) is 0 Å². The molecule has 0 aromatic carbocycles. The molecule has 0 spiro atoms. The summed E-state index contributed by atoms with van der Waals surface area (Å²) in [6.07, 6.45) is 1.07. The molecule has 96 valence electrons. The van der Waals surface area contributed by atoms with Crippen LogP contribution < -0.4 is 10.3 Å². The van der Waals surface area contributed by atoms with Crippen molar-refractivity contribution in [2.24, 2.45) is 5.92 Å². The predicted molar refractivity (Wildman–Crippen MR) is 63.5 cm³/mol. The Hall–Kier alpha value is -0.890. The Labute approximate surface area is 104 Å². The van der Waals surface area contributed by atoms with Crippen molar-refractivity contribution in [1.29, 1.82) is 0 Å². The molecule has 0 amide bonds. The Morgan fingerprint density at radius 1 is 1.59 bits per heavy atom. The molecule has 1 heterocycles. The van der Waals surface area contributed by atoms with E-state index < -0.39 is 15.6 Å². The highest BCUT2D eigenvalue weighted by Gasteiger charge is 2.16. The van der Waals surface area contributed by atoms with Crippen molar-refractivity contribution in [3.8, 4) is 0 Å². The van der Waals surface area contributed by atoms with Crippen molar-refractivity contribution in [2.45, 2.75) is 11.8 Å². The quantitative estimate of drug-likeness (QED) is 0.703. The molecule has 0 aliphatic heterocycles. The van der Waals surface area contributed by atoms with Gasteiger partial charge in [-0.1, -0.05) is 18.5 Å². The molecule has 0 saturated heterocycles. The first-order chi connectivity index (χ1) is 7.86. The average Bonchev–Trinajstić information content (AvgIpc) is 2.29. The van der Waals surface area contributed by atoms with Crippen LogP contribution in [0.25, 0.3) is 0 Å². The number of pyridine rings is 1. The normalized spacial score (nSPS) is 13.6. The highest BCUT2D eigenvalue weighted by atomic mass is 35.5. The van der Waals surface area contributed by atoms with Crippen molar-refractivity contribution < 1.29 is 13.5 Å². The summed E-state index contributed by atoms with van der Waals surface area (Å²) in [4.78, 5) is 13.1. The van der Waals surface area contributed by atoms with Crippen molar-refractivity contribution >= 4 is 21.6 Å². The Morgan fingerprint density at radius 2 is 2.24 bits per heavy atom. The number of sulfonamides is 1. The average molecular weight is 281 g/mol. The molecule has 0 fully saturated rings. The van der Waals surface area contributed by atoms with Crippen molar-refractivity contribution in [3.05, 3.63) is 27.6 Å². The zero-order valence-electron chi connectivity index (χ0n) is 9.10. The number of aromatic amines is 1. The van der Waals surface area contributed by atoms with Gasteiger partial charge in [-0.3, -0.25) is 4.79 Å². The zero-order chi connectivity index (χ0) is 13.1. The van der Waals surface area contributed by atoms with Gasteiger partial charge in [0.15, 0.2) is 0 Å². The van der Waals surface area contributed by atoms with E-state index in [0.717, 1.165) is 12.3 Å². The number of hydrogen-bond donors (Lipinski definition) is 3. The van der Waals surface area contributed by atoms with Gasteiger partial charge in [0.05, 0.1) is 4.90 Å². The van der Waals surface area contributed by atoms with Gasteiger partial charge in [0, 0.05) is 19.3 Å². The maximum Gasteiger partial charge on any atom is 0.266 e. The fraction of sp³-hybridized carbons (Fsp3) is 0.444. The van der Waals surface area contributed by atoms with Crippen LogP contribution in [0.2, 0.25) is 5.02 Å². The summed E-state index contributed by atoms with van der Waals surface area (Å²) in [7, 11) is -3.72. The van der Waals surface area contributed by atoms with E-state index in [-0.39, 0.29) is 29.0 Å². The lowest BCUT2D eigenvalue weighted by Crippen LogP contribution is -2.30. The van der Waals surface area contributed by atoms with Crippen LogP contribution in [-0.2, 0) is 10.0 Å². The summed E-state index contributed by atoms with van der Waals surface area (Å²) >= 11 is 5.53. The second-order valence-electron chi connectivity index (χ2n) is 3.65. The fourth-order valence-corrected chi connectivity index (χ4v) is 2.39. The lowest BCUT2D eigenvalue weighted by molar-refractivity contribution is 0.238. The molecule has 17 heavy (non-hydrogen) atoms. The van der Waals surface area contributed by atoms with Crippen LogP contribution in [-0.4, -0.2) is 31.7 Å². The first kappa shape index (κ1) is 14.2. The molecule has 3 N–H and O–H groups in total. The molecule has 0 bridgehead atoms. The molecule has 1 rings (SSSR count). The SMILES string of the molecule is CC(CO)CNS(=O)(=O)c1c[nH]c(=O)c(Cl)c1. The summed E-state index contributed by atoms with van der Waals surface area (Å²) in [6, 6.07) is 1.08. The topological polar surface area (TPSA) is 99.3 Å². The van der Waals surface area contributed by atoms with Gasteiger partial charge in [-0.15, -0.1) is 0 Å². The van der Waals surface area contributed by atoms with E-state index in [4.69, 9.17) is 16.7 Å². The first-order valence-corrected chi connectivity index (χ1v) is 6.71. The van der Waals surface area contributed by atoms with E-state index in [0.29, 0.717) is 0 Å². The lowest BCUT2D eigenvalue weighted by atomic mass is 10.2. The molecule has 6 nitrogen and oxygen atoms in total. The number of rotatable bonds is 5. The smallest absolute Gasteiger partial charge is 0.266 e. The maximum absolute atomic E-state index is 11.7. The number of aliphatic hydroxyl groups excluding tert-OH is 1. The number of H-pyrrole nitrogens is 1. The molecule has 1 aromatic heterocycles. The van der Waals surface area contributed by atoms with Gasteiger partial charge in [-0.2, -0.15) is 0 Å². The van der Waals surface area contributed by atoms with Gasteiger partial charge in [0.1, 0.15) is 5.02 Å². The van der Waals surface area contributed by atoms with Crippen LogP contribution in [0.15, 0.2) is 22.0 Å². The number of hydrogen-bond acceptors (Lipinski definition) is 4. The Balaban J connectivity index is 2.90. The molecule has 0 aliphatic carbocycles. The van der Waals surface area contributed by atoms with E-state index >= 15 is 0 Å². The van der Waals surface area contributed by atoms with Crippen LogP contribution in [0.4, 0.5) is 0 Å². The molecule has 1 unspecified atom stereocenters. The third-order valence-corrected chi connectivity index (χ3v) is 3.76. The van der Waals surface area contributed by atoms with E-state index in [1.165, 1.54) is 0 Å². The van der Waals surface area contributed by atoms with Crippen LogP contribution in [0.5, 0.6) is 0 Å². The second kappa shape index (κ2) is 5.63. The molecule has 0 radical (unpaired) electrons. The van der Waals surface area contributed by atoms with Gasteiger partial charge < -0.3 is 10.1 Å². The van der Waals surface area contributed by atoms with E-state index in [1.54, 1.807) is 6.92 Å². The van der Waals surface area contributed by atoms with Gasteiger partial charge in [0.2, 0.25) is 10.0 Å². The van der Waals surface area contributed by atoms with Gasteiger partial charge in [-0.05, 0) is 12.0 Å². The highest BCUT2D eigenvalue weighted by molar-refractivity contribution is 7.89. The Morgan fingerprint density at radius 3 is 2.76 bits per heavy atom. The molecular weight excluding hydrogens is 268 g/mol. The third kappa shape index (κ3) is 3.81. The molecule has 1 aromatic rings. The largest absolute Gasteiger partial charge is 0.396 e. The van der Waals surface area contributed by atoms with Crippen LogP contribution in [0.3, 0.4) is 0 Å². The van der Waals surface area contributed by atoms with Crippen LogP contribution in [0.1, 0.15) is 6.92 Å². The Kier molecular flexibility index (Phi) is 4.70. The molecule has 0 saturated carbocycles. The number of nitrogens with one attached hydrogen (secondary N) is 2. The second-order valence-corrected chi connectivity index (χ2v) is 5.83. The monoisotopic (exact) mass is 280 g/mol. The molecule has 0 aliphatic rings. The minimum Gasteiger partial charge on any atom is -0.396 e. The van der Waals surface area contributed by atoms with Gasteiger partial charge in [-0.25, -0.2) is 13.1 Å². The highest BCUT2D eigenvalue weighted by Crippen LogP contribution is 2.10. The summed E-state index contributed by atoms with van der Waals surface area (Å²) in [6.45, 7) is 1.69. The van der Waals surface area contributed by atoms with Gasteiger partial charge in [0.25, 0.3) is 5.56 Å². The minimum absolute atomic E-state index is 0.107. The fourth-order valence-electron chi connectivity index (χ4n) is 0.993. The maximum atomic E-state index is 11.7. The van der Waals surface area contributed by atoms with E-state index in [9.17, 15) is 13.2 Å². The lowest BCUT2D eigenvalue weighted by Gasteiger charge is -2.10. The summed E-state index contributed by atoms with van der Waals surface area (Å²) in [5, 5.41) is 8.59. The summed E-state index contributed by atoms with van der Waals surface area (Å²) < 4.78 is 25.8. The number of aliphatic hydroxyl groups is 1. The van der Waals surface area contributed by atoms with Crippen LogP contribution in [0, 0.1) is 5.92 Å².